The molecule has 2 nitrogen and oxygen atoms in total. The highest BCUT2D eigenvalue weighted by Gasteiger charge is 2.19. The number of nitrogens with two attached hydrogens (primary N) is 1. The lowest BCUT2D eigenvalue weighted by Crippen LogP contribution is -2.27. The molecule has 96 valence electrons. The fourth-order valence-electron chi connectivity index (χ4n) is 2.61. The molecule has 0 bridgehead atoms. The summed E-state index contributed by atoms with van der Waals surface area (Å²) in [5, 5.41) is 4.29. The summed E-state index contributed by atoms with van der Waals surface area (Å²) in [7, 11) is 0. The van der Waals surface area contributed by atoms with E-state index < -0.39 is 0 Å². The fourth-order valence-corrected chi connectivity index (χ4v) is 4.65. The molecule has 1 aliphatic carbocycles. The van der Waals surface area contributed by atoms with Gasteiger partial charge in [-0.15, -0.1) is 11.3 Å². The third-order valence-electron chi connectivity index (χ3n) is 3.59. The highest BCUT2D eigenvalue weighted by molar-refractivity contribution is 7.12. The first-order valence-corrected chi connectivity index (χ1v) is 8.24. The van der Waals surface area contributed by atoms with E-state index in [-0.39, 0.29) is 6.04 Å². The Hall–Kier alpha value is -0.680. The van der Waals surface area contributed by atoms with E-state index in [1.54, 1.807) is 21.8 Å². The number of hydrogen-bond acceptors (Lipinski definition) is 4. The highest BCUT2D eigenvalue weighted by Crippen LogP contribution is 2.34. The van der Waals surface area contributed by atoms with Crippen molar-refractivity contribution in [1.29, 1.82) is 0 Å². The minimum atomic E-state index is 0.160. The molecule has 2 aromatic heterocycles. The maximum Gasteiger partial charge on any atom is 0.0810 e. The lowest BCUT2D eigenvalue weighted by Gasteiger charge is -2.12. The minimum Gasteiger partial charge on any atom is -0.271 e. The molecular weight excluding hydrogens is 260 g/mol. The molecule has 18 heavy (non-hydrogen) atoms. The summed E-state index contributed by atoms with van der Waals surface area (Å²) in [4.78, 5) is 2.95. The van der Waals surface area contributed by atoms with Crippen LogP contribution in [0.1, 0.15) is 46.2 Å². The lowest BCUT2D eigenvalue weighted by atomic mass is 10.1. The maximum atomic E-state index is 5.75. The van der Waals surface area contributed by atoms with Crippen molar-refractivity contribution in [2.45, 2.75) is 38.1 Å². The highest BCUT2D eigenvalue weighted by atomic mass is 32.1. The van der Waals surface area contributed by atoms with E-state index in [2.05, 4.69) is 28.3 Å². The fraction of sp³-hybridized carbons (Fsp3) is 0.429. The molecule has 3 N–H and O–H groups in total. The smallest absolute Gasteiger partial charge is 0.0810 e. The van der Waals surface area contributed by atoms with Crippen LogP contribution < -0.4 is 11.3 Å². The molecular formula is C14H18N2S2. The standard InChI is InChI=1S/C14H18N2S2/c15-16-14(11-6-7-17-9-11)13-8-10-4-2-1-3-5-12(10)18-13/h6-9,14,16H,1-5,15H2. The van der Waals surface area contributed by atoms with Crippen molar-refractivity contribution >= 4 is 22.7 Å². The quantitative estimate of drug-likeness (QED) is 0.511. The number of thiophene rings is 2. The van der Waals surface area contributed by atoms with Gasteiger partial charge in [-0.3, -0.25) is 5.84 Å². The summed E-state index contributed by atoms with van der Waals surface area (Å²) in [6.45, 7) is 0. The van der Waals surface area contributed by atoms with Crippen LogP contribution in [0.2, 0.25) is 0 Å². The first kappa shape index (κ1) is 12.4. The molecule has 0 amide bonds. The normalized spacial score (nSPS) is 17.2. The van der Waals surface area contributed by atoms with Gasteiger partial charge in [0.05, 0.1) is 6.04 Å². The molecule has 2 heterocycles. The van der Waals surface area contributed by atoms with Gasteiger partial charge in [-0.05, 0) is 59.7 Å². The van der Waals surface area contributed by atoms with Gasteiger partial charge in [0.15, 0.2) is 0 Å². The number of hydrazine groups is 1. The Morgan fingerprint density at radius 2 is 2.11 bits per heavy atom. The first-order chi connectivity index (χ1) is 8.88. The SMILES string of the molecule is NNC(c1ccsc1)c1cc2c(s1)CCCCC2. The lowest BCUT2D eigenvalue weighted by molar-refractivity contribution is 0.647. The summed E-state index contributed by atoms with van der Waals surface area (Å²) in [5.74, 6) is 5.75. The Morgan fingerprint density at radius 1 is 1.22 bits per heavy atom. The van der Waals surface area contributed by atoms with Crippen LogP contribution in [0.15, 0.2) is 22.9 Å². The summed E-state index contributed by atoms with van der Waals surface area (Å²) in [6.07, 6.45) is 6.54. The van der Waals surface area contributed by atoms with Crippen molar-refractivity contribution in [3.05, 3.63) is 43.8 Å². The number of aryl methyl sites for hydroxylation is 2. The van der Waals surface area contributed by atoms with E-state index in [1.165, 1.54) is 42.5 Å². The van der Waals surface area contributed by atoms with Gasteiger partial charge >= 0.3 is 0 Å². The zero-order chi connectivity index (χ0) is 12.4. The molecule has 4 heteroatoms. The van der Waals surface area contributed by atoms with Gasteiger partial charge in [0.25, 0.3) is 0 Å². The summed E-state index contributed by atoms with van der Waals surface area (Å²) in [5.41, 5.74) is 5.80. The summed E-state index contributed by atoms with van der Waals surface area (Å²) >= 11 is 3.67. The third kappa shape index (κ3) is 2.38. The maximum absolute atomic E-state index is 5.75. The Balaban J connectivity index is 1.91. The average molecular weight is 278 g/mol. The monoisotopic (exact) mass is 278 g/mol. The Bertz CT molecular complexity index is 478. The molecule has 0 fully saturated rings. The van der Waals surface area contributed by atoms with E-state index in [0.717, 1.165) is 0 Å². The Morgan fingerprint density at radius 3 is 2.89 bits per heavy atom. The first-order valence-electron chi connectivity index (χ1n) is 6.48. The van der Waals surface area contributed by atoms with Gasteiger partial charge in [-0.1, -0.05) is 6.42 Å². The van der Waals surface area contributed by atoms with Crippen LogP contribution >= 0.6 is 22.7 Å². The molecule has 0 aromatic carbocycles. The molecule has 2 aromatic rings. The molecule has 1 atom stereocenters. The van der Waals surface area contributed by atoms with Crippen LogP contribution in [0.3, 0.4) is 0 Å². The van der Waals surface area contributed by atoms with Gasteiger partial charge in [-0.2, -0.15) is 11.3 Å². The second-order valence-corrected chi connectivity index (χ2v) is 6.76. The Labute approximate surface area is 116 Å². The largest absolute Gasteiger partial charge is 0.271 e. The van der Waals surface area contributed by atoms with Gasteiger partial charge < -0.3 is 0 Å². The Kier molecular flexibility index (Phi) is 3.80. The van der Waals surface area contributed by atoms with Gasteiger partial charge in [0, 0.05) is 9.75 Å². The van der Waals surface area contributed by atoms with Gasteiger partial charge in [0.1, 0.15) is 0 Å². The molecule has 0 saturated heterocycles. The third-order valence-corrected chi connectivity index (χ3v) is 5.60. The molecule has 1 aliphatic rings. The number of fused-ring (bicyclic) bond motifs is 1. The van der Waals surface area contributed by atoms with E-state index in [4.69, 9.17) is 5.84 Å². The van der Waals surface area contributed by atoms with E-state index >= 15 is 0 Å². The number of nitrogens with one attached hydrogen (secondary N) is 1. The predicted molar refractivity (Wildman–Crippen MR) is 79.1 cm³/mol. The van der Waals surface area contributed by atoms with Crippen LogP contribution in [-0.2, 0) is 12.8 Å². The molecule has 0 saturated carbocycles. The van der Waals surface area contributed by atoms with Crippen molar-refractivity contribution in [2.75, 3.05) is 0 Å². The van der Waals surface area contributed by atoms with E-state index in [9.17, 15) is 0 Å². The second-order valence-electron chi connectivity index (χ2n) is 4.81. The van der Waals surface area contributed by atoms with Crippen molar-refractivity contribution in [3.63, 3.8) is 0 Å². The average Bonchev–Trinajstić information content (AvgIpc) is 2.98. The van der Waals surface area contributed by atoms with Crippen LogP contribution in [0.4, 0.5) is 0 Å². The molecule has 0 aliphatic heterocycles. The topological polar surface area (TPSA) is 38.0 Å². The van der Waals surface area contributed by atoms with Gasteiger partial charge in [-0.25, -0.2) is 5.43 Å². The van der Waals surface area contributed by atoms with Crippen molar-refractivity contribution < 1.29 is 0 Å². The van der Waals surface area contributed by atoms with Gasteiger partial charge in [0.2, 0.25) is 0 Å². The van der Waals surface area contributed by atoms with E-state index in [0.29, 0.717) is 0 Å². The zero-order valence-electron chi connectivity index (χ0n) is 10.3. The zero-order valence-corrected chi connectivity index (χ0v) is 11.9. The van der Waals surface area contributed by atoms with Crippen LogP contribution in [0.5, 0.6) is 0 Å². The number of rotatable bonds is 3. The van der Waals surface area contributed by atoms with Crippen LogP contribution in [0, 0.1) is 0 Å². The summed E-state index contributed by atoms with van der Waals surface area (Å²) in [6, 6.07) is 4.68. The van der Waals surface area contributed by atoms with Crippen LogP contribution in [0.25, 0.3) is 0 Å². The molecule has 0 radical (unpaired) electrons. The predicted octanol–water partition coefficient (Wildman–Crippen LogP) is 3.63. The van der Waals surface area contributed by atoms with Crippen LogP contribution in [-0.4, -0.2) is 0 Å². The molecule has 0 spiro atoms. The van der Waals surface area contributed by atoms with Crippen molar-refractivity contribution in [3.8, 4) is 0 Å². The van der Waals surface area contributed by atoms with E-state index in [1.807, 2.05) is 11.3 Å². The minimum absolute atomic E-state index is 0.160. The summed E-state index contributed by atoms with van der Waals surface area (Å²) < 4.78 is 0. The molecule has 1 unspecified atom stereocenters. The number of hydrogen-bond donors (Lipinski definition) is 2. The van der Waals surface area contributed by atoms with Crippen molar-refractivity contribution in [2.24, 2.45) is 5.84 Å². The molecule has 3 rings (SSSR count). The second kappa shape index (κ2) is 5.53. The van der Waals surface area contributed by atoms with Crippen molar-refractivity contribution in [1.82, 2.24) is 5.43 Å².